The predicted octanol–water partition coefficient (Wildman–Crippen LogP) is 5.47. The van der Waals surface area contributed by atoms with E-state index in [1.54, 1.807) is 30.3 Å². The minimum atomic E-state index is -4.65. The molecule has 1 aliphatic heterocycles. The van der Waals surface area contributed by atoms with Crippen LogP contribution in [0.5, 0.6) is 0 Å². The molecule has 4 rings (SSSR count). The van der Waals surface area contributed by atoms with E-state index in [2.05, 4.69) is 0 Å². The van der Waals surface area contributed by atoms with E-state index in [0.29, 0.717) is 5.56 Å². The van der Waals surface area contributed by atoms with Gasteiger partial charge in [0, 0.05) is 11.3 Å². The summed E-state index contributed by atoms with van der Waals surface area (Å²) in [5, 5.41) is 10.9. The first-order valence-corrected chi connectivity index (χ1v) is 9.47. The number of amides is 1. The third-order valence-electron chi connectivity index (χ3n) is 5.13. The van der Waals surface area contributed by atoms with Crippen molar-refractivity contribution in [3.63, 3.8) is 0 Å². The smallest absolute Gasteiger partial charge is 0.416 e. The van der Waals surface area contributed by atoms with Crippen molar-refractivity contribution in [3.8, 4) is 0 Å². The van der Waals surface area contributed by atoms with E-state index in [1.165, 1.54) is 18.2 Å². The third kappa shape index (κ3) is 3.75. The molecule has 162 valence electrons. The minimum Gasteiger partial charge on any atom is -0.507 e. The maximum Gasteiger partial charge on any atom is 0.416 e. The molecule has 3 aromatic rings. The van der Waals surface area contributed by atoms with Gasteiger partial charge in [-0.25, -0.2) is 4.39 Å². The maximum absolute atomic E-state index is 13.3. The van der Waals surface area contributed by atoms with Crippen LogP contribution in [0.25, 0.3) is 5.76 Å². The van der Waals surface area contributed by atoms with Crippen molar-refractivity contribution in [2.45, 2.75) is 12.2 Å². The van der Waals surface area contributed by atoms with Crippen LogP contribution in [0.1, 0.15) is 22.7 Å². The molecule has 1 atom stereocenters. The molecule has 3 aromatic carbocycles. The summed E-state index contributed by atoms with van der Waals surface area (Å²) in [6, 6.07) is 15.7. The lowest BCUT2D eigenvalue weighted by molar-refractivity contribution is -0.137. The molecule has 32 heavy (non-hydrogen) atoms. The number of benzene rings is 3. The summed E-state index contributed by atoms with van der Waals surface area (Å²) in [6.07, 6.45) is -4.65. The van der Waals surface area contributed by atoms with Crippen LogP contribution in [-0.2, 0) is 15.8 Å². The Bertz CT molecular complexity index is 1220. The Labute approximate surface area is 180 Å². The molecule has 1 fully saturated rings. The van der Waals surface area contributed by atoms with E-state index in [-0.39, 0.29) is 16.8 Å². The van der Waals surface area contributed by atoms with Crippen LogP contribution in [0.4, 0.5) is 23.2 Å². The molecule has 1 saturated heterocycles. The molecule has 0 radical (unpaired) electrons. The molecule has 0 spiro atoms. The maximum atomic E-state index is 13.3. The Balaban J connectivity index is 1.93. The molecular formula is C24H15F4NO3. The number of hydrogen-bond donors (Lipinski definition) is 1. The van der Waals surface area contributed by atoms with Crippen LogP contribution in [0.15, 0.2) is 84.4 Å². The van der Waals surface area contributed by atoms with Crippen molar-refractivity contribution < 1.29 is 32.3 Å². The summed E-state index contributed by atoms with van der Waals surface area (Å²) in [7, 11) is 0. The summed E-state index contributed by atoms with van der Waals surface area (Å²) >= 11 is 0. The van der Waals surface area contributed by atoms with Crippen LogP contribution < -0.4 is 4.90 Å². The Morgan fingerprint density at radius 2 is 1.53 bits per heavy atom. The zero-order valence-electron chi connectivity index (χ0n) is 16.3. The molecule has 1 unspecified atom stereocenters. The number of alkyl halides is 3. The van der Waals surface area contributed by atoms with Gasteiger partial charge in [0.2, 0.25) is 0 Å². The van der Waals surface area contributed by atoms with Crippen LogP contribution in [0.3, 0.4) is 0 Å². The number of Topliss-reactive ketones (excluding diaryl/α,β-unsaturated/α-hetero) is 1. The first-order chi connectivity index (χ1) is 15.2. The average molecular weight is 441 g/mol. The Kier molecular flexibility index (Phi) is 5.30. The zero-order valence-corrected chi connectivity index (χ0v) is 16.3. The first kappa shape index (κ1) is 21.3. The summed E-state index contributed by atoms with van der Waals surface area (Å²) in [5.74, 6) is -3.25. The normalized spacial score (nSPS) is 18.2. The van der Waals surface area contributed by atoms with E-state index in [0.717, 1.165) is 35.2 Å². The van der Waals surface area contributed by atoms with Crippen molar-refractivity contribution in [1.29, 1.82) is 0 Å². The van der Waals surface area contributed by atoms with Crippen molar-refractivity contribution in [1.82, 2.24) is 0 Å². The Morgan fingerprint density at radius 1 is 0.875 bits per heavy atom. The van der Waals surface area contributed by atoms with Crippen LogP contribution in [0.2, 0.25) is 0 Å². The minimum absolute atomic E-state index is 0.0920. The van der Waals surface area contributed by atoms with Gasteiger partial charge in [0.1, 0.15) is 11.6 Å². The molecule has 0 saturated carbocycles. The highest BCUT2D eigenvalue weighted by atomic mass is 19.4. The topological polar surface area (TPSA) is 57.6 Å². The lowest BCUT2D eigenvalue weighted by Crippen LogP contribution is -2.29. The fourth-order valence-corrected chi connectivity index (χ4v) is 3.64. The van der Waals surface area contributed by atoms with Crippen LogP contribution in [0, 0.1) is 5.82 Å². The highest BCUT2D eigenvalue weighted by Gasteiger charge is 2.47. The van der Waals surface area contributed by atoms with Gasteiger partial charge < -0.3 is 5.11 Å². The number of anilines is 1. The van der Waals surface area contributed by atoms with Crippen molar-refractivity contribution in [2.75, 3.05) is 4.90 Å². The molecule has 0 aromatic heterocycles. The molecule has 1 aliphatic rings. The van der Waals surface area contributed by atoms with Gasteiger partial charge in [-0.15, -0.1) is 0 Å². The number of halogens is 4. The molecule has 4 nitrogen and oxygen atoms in total. The summed E-state index contributed by atoms with van der Waals surface area (Å²) < 4.78 is 53.1. The van der Waals surface area contributed by atoms with Gasteiger partial charge in [0.15, 0.2) is 0 Å². The van der Waals surface area contributed by atoms with Gasteiger partial charge in [-0.1, -0.05) is 36.4 Å². The highest BCUT2D eigenvalue weighted by molar-refractivity contribution is 6.51. The summed E-state index contributed by atoms with van der Waals surface area (Å²) in [4.78, 5) is 26.8. The third-order valence-corrected chi connectivity index (χ3v) is 5.13. The highest BCUT2D eigenvalue weighted by Crippen LogP contribution is 2.43. The van der Waals surface area contributed by atoms with Gasteiger partial charge in [-0.05, 0) is 48.0 Å². The second-order valence-electron chi connectivity index (χ2n) is 7.13. The number of aliphatic hydroxyl groups is 1. The quantitative estimate of drug-likeness (QED) is 0.254. The standard InChI is InChI=1S/C24H15F4NO3/c25-17-11-9-15(10-12-17)21(30)19-20(14-5-2-1-3-6-14)29(23(32)22(19)31)18-8-4-7-16(13-18)24(26,27)28/h1-13,20,30H. The molecule has 1 N–H and O–H groups in total. The number of carbonyl (C=O) groups is 2. The molecule has 8 heteroatoms. The van der Waals surface area contributed by atoms with Crippen molar-refractivity contribution in [3.05, 3.63) is 107 Å². The Morgan fingerprint density at radius 3 is 2.16 bits per heavy atom. The lowest BCUT2D eigenvalue weighted by atomic mass is 9.95. The molecular weight excluding hydrogens is 426 g/mol. The Hall–Kier alpha value is -3.94. The van der Waals surface area contributed by atoms with E-state index in [9.17, 15) is 32.3 Å². The lowest BCUT2D eigenvalue weighted by Gasteiger charge is -2.26. The SMILES string of the molecule is O=C1C(=O)N(c2cccc(C(F)(F)F)c2)C(c2ccccc2)C1=C(O)c1ccc(F)cc1. The van der Waals surface area contributed by atoms with Gasteiger partial charge >= 0.3 is 6.18 Å². The number of nitrogens with zero attached hydrogens (tertiary/aromatic N) is 1. The zero-order chi connectivity index (χ0) is 23.0. The number of ketones is 1. The van der Waals surface area contributed by atoms with Gasteiger partial charge in [0.25, 0.3) is 11.7 Å². The van der Waals surface area contributed by atoms with Gasteiger partial charge in [-0.2, -0.15) is 13.2 Å². The second kappa shape index (κ2) is 7.96. The predicted molar refractivity (Wildman–Crippen MR) is 109 cm³/mol. The monoisotopic (exact) mass is 441 g/mol. The van der Waals surface area contributed by atoms with Crippen molar-refractivity contribution in [2.24, 2.45) is 0 Å². The fraction of sp³-hybridized carbons (Fsp3) is 0.0833. The van der Waals surface area contributed by atoms with Crippen LogP contribution >= 0.6 is 0 Å². The molecule has 1 heterocycles. The summed E-state index contributed by atoms with van der Waals surface area (Å²) in [6.45, 7) is 0. The number of rotatable bonds is 3. The van der Waals surface area contributed by atoms with E-state index < -0.39 is 41.0 Å². The fourth-order valence-electron chi connectivity index (χ4n) is 3.64. The first-order valence-electron chi connectivity index (χ1n) is 9.47. The van der Waals surface area contributed by atoms with Gasteiger partial charge in [0.05, 0.1) is 17.2 Å². The molecule has 0 bridgehead atoms. The van der Waals surface area contributed by atoms with E-state index in [4.69, 9.17) is 0 Å². The van der Waals surface area contributed by atoms with E-state index in [1.807, 2.05) is 0 Å². The van der Waals surface area contributed by atoms with E-state index >= 15 is 0 Å². The number of hydrogen-bond acceptors (Lipinski definition) is 3. The number of carbonyl (C=O) groups excluding carboxylic acids is 2. The van der Waals surface area contributed by atoms with Crippen LogP contribution in [-0.4, -0.2) is 16.8 Å². The summed E-state index contributed by atoms with van der Waals surface area (Å²) in [5.41, 5.74) is -0.927. The second-order valence-corrected chi connectivity index (χ2v) is 7.13. The largest absolute Gasteiger partial charge is 0.507 e. The van der Waals surface area contributed by atoms with Crippen molar-refractivity contribution >= 4 is 23.1 Å². The number of aliphatic hydroxyl groups excluding tert-OH is 1. The molecule has 0 aliphatic carbocycles. The average Bonchev–Trinajstić information content (AvgIpc) is 3.04. The van der Waals surface area contributed by atoms with Gasteiger partial charge in [-0.3, -0.25) is 14.5 Å². The molecule has 1 amide bonds.